The van der Waals surface area contributed by atoms with Crippen LogP contribution in [0.3, 0.4) is 0 Å². The maximum atomic E-state index is 11.8. The van der Waals surface area contributed by atoms with E-state index >= 15 is 0 Å². The van der Waals surface area contributed by atoms with Gasteiger partial charge in [-0.2, -0.15) is 0 Å². The van der Waals surface area contributed by atoms with Gasteiger partial charge in [0, 0.05) is 23.8 Å². The molecule has 0 fully saturated rings. The molecule has 0 radical (unpaired) electrons. The summed E-state index contributed by atoms with van der Waals surface area (Å²) in [7, 11) is 0. The molecule has 0 aliphatic carbocycles. The fourth-order valence-corrected chi connectivity index (χ4v) is 3.92. The number of nitrogens with zero attached hydrogens (tertiary/aromatic N) is 3. The van der Waals surface area contributed by atoms with E-state index in [4.69, 9.17) is 0 Å². The number of rotatable bonds is 3. The molecule has 1 aliphatic rings. The number of carbonyl (C=O) groups is 1. The van der Waals surface area contributed by atoms with Gasteiger partial charge < -0.3 is 5.11 Å². The zero-order valence-corrected chi connectivity index (χ0v) is 12.8. The number of hydrogen-bond acceptors (Lipinski definition) is 5. The molecule has 0 aromatic carbocycles. The molecule has 1 aliphatic heterocycles. The number of thiophene rings is 1. The van der Waals surface area contributed by atoms with E-state index in [-0.39, 0.29) is 6.04 Å². The molecule has 3 heterocycles. The molecule has 0 saturated heterocycles. The van der Waals surface area contributed by atoms with E-state index in [0.717, 1.165) is 29.9 Å². The first-order chi connectivity index (χ1) is 10.1. The number of aryl methyl sites for hydroxylation is 1. The number of aromatic nitrogens is 2. The van der Waals surface area contributed by atoms with Crippen molar-refractivity contribution in [1.29, 1.82) is 0 Å². The van der Waals surface area contributed by atoms with E-state index in [9.17, 15) is 9.90 Å². The number of hydrogen-bond donors (Lipinski definition) is 1. The summed E-state index contributed by atoms with van der Waals surface area (Å²) in [4.78, 5) is 23.6. The van der Waals surface area contributed by atoms with Gasteiger partial charge in [0.05, 0.1) is 17.4 Å². The maximum Gasteiger partial charge on any atom is 0.325 e. The van der Waals surface area contributed by atoms with E-state index in [1.54, 1.807) is 23.7 Å². The van der Waals surface area contributed by atoms with E-state index < -0.39 is 12.0 Å². The normalized spacial score (nSPS) is 20.0. The summed E-state index contributed by atoms with van der Waals surface area (Å²) in [5, 5.41) is 11.6. The molecule has 0 spiro atoms. The highest BCUT2D eigenvalue weighted by atomic mass is 32.1. The summed E-state index contributed by atoms with van der Waals surface area (Å²) in [5.74, 6) is -0.803. The maximum absolute atomic E-state index is 11.8. The van der Waals surface area contributed by atoms with Gasteiger partial charge in [0.15, 0.2) is 0 Å². The molecule has 0 saturated carbocycles. The Labute approximate surface area is 127 Å². The molecule has 2 unspecified atom stereocenters. The Bertz CT molecular complexity index is 670. The van der Waals surface area contributed by atoms with Gasteiger partial charge in [-0.25, -0.2) is 0 Å². The average molecular weight is 303 g/mol. The van der Waals surface area contributed by atoms with Gasteiger partial charge in [0.2, 0.25) is 0 Å². The van der Waals surface area contributed by atoms with Crippen LogP contribution in [0.25, 0.3) is 0 Å². The molecule has 6 heteroatoms. The molecule has 0 amide bonds. The van der Waals surface area contributed by atoms with Crippen molar-refractivity contribution in [3.63, 3.8) is 0 Å². The zero-order valence-electron chi connectivity index (χ0n) is 12.0. The first kappa shape index (κ1) is 14.2. The minimum absolute atomic E-state index is 0.0761. The Hall–Kier alpha value is -1.79. The van der Waals surface area contributed by atoms with Crippen LogP contribution < -0.4 is 0 Å². The van der Waals surface area contributed by atoms with Crippen molar-refractivity contribution < 1.29 is 9.90 Å². The summed E-state index contributed by atoms with van der Waals surface area (Å²) in [6.07, 6.45) is 4.21. The van der Waals surface area contributed by atoms with Gasteiger partial charge in [-0.1, -0.05) is 0 Å². The highest BCUT2D eigenvalue weighted by Crippen LogP contribution is 2.38. The molecular weight excluding hydrogens is 286 g/mol. The standard InChI is InChI=1S/C15H17N3O2S/c1-9-13(17-6-5-16-9)10(2)18-7-3-12-11(4-8-21-12)14(18)15(19)20/h4-6,8,10,14H,3,7H2,1-2H3,(H,19,20). The van der Waals surface area contributed by atoms with E-state index in [2.05, 4.69) is 9.97 Å². The van der Waals surface area contributed by atoms with Crippen LogP contribution in [0.5, 0.6) is 0 Å². The second-order valence-corrected chi connectivity index (χ2v) is 6.23. The van der Waals surface area contributed by atoms with Crippen LogP contribution in [-0.2, 0) is 11.2 Å². The van der Waals surface area contributed by atoms with E-state index in [0.29, 0.717) is 0 Å². The lowest BCUT2D eigenvalue weighted by molar-refractivity contribution is -0.145. The van der Waals surface area contributed by atoms with Crippen molar-refractivity contribution in [1.82, 2.24) is 14.9 Å². The lowest BCUT2D eigenvalue weighted by Crippen LogP contribution is -2.41. The fraction of sp³-hybridized carbons (Fsp3) is 0.400. The Kier molecular flexibility index (Phi) is 3.73. The van der Waals surface area contributed by atoms with Crippen LogP contribution in [0.1, 0.15) is 40.8 Å². The van der Waals surface area contributed by atoms with Crippen LogP contribution in [0.2, 0.25) is 0 Å². The predicted molar refractivity (Wildman–Crippen MR) is 80.3 cm³/mol. The third-order valence-electron chi connectivity index (χ3n) is 4.05. The first-order valence-corrected chi connectivity index (χ1v) is 7.80. The van der Waals surface area contributed by atoms with Crippen LogP contribution in [0.4, 0.5) is 0 Å². The lowest BCUT2D eigenvalue weighted by atomic mass is 9.97. The largest absolute Gasteiger partial charge is 0.480 e. The Balaban J connectivity index is 1.98. The third-order valence-corrected chi connectivity index (χ3v) is 5.05. The molecule has 3 rings (SSSR count). The van der Waals surface area contributed by atoms with Crippen molar-refractivity contribution in [3.8, 4) is 0 Å². The van der Waals surface area contributed by atoms with Crippen molar-refractivity contribution in [3.05, 3.63) is 45.7 Å². The first-order valence-electron chi connectivity index (χ1n) is 6.92. The quantitative estimate of drug-likeness (QED) is 0.944. The molecule has 0 bridgehead atoms. The molecular formula is C15H17N3O2S. The number of carboxylic acid groups (broad SMARTS) is 1. The van der Waals surface area contributed by atoms with Crippen molar-refractivity contribution in [2.45, 2.75) is 32.4 Å². The number of carboxylic acids is 1. The molecule has 21 heavy (non-hydrogen) atoms. The SMILES string of the molecule is Cc1nccnc1C(C)N1CCc2sccc2C1C(=O)O. The third kappa shape index (κ3) is 2.45. The van der Waals surface area contributed by atoms with Gasteiger partial charge in [-0.15, -0.1) is 11.3 Å². The molecule has 110 valence electrons. The van der Waals surface area contributed by atoms with Crippen molar-refractivity contribution in [2.24, 2.45) is 0 Å². The zero-order chi connectivity index (χ0) is 15.0. The van der Waals surface area contributed by atoms with E-state index in [1.165, 1.54) is 4.88 Å². The molecule has 1 N–H and O–H groups in total. The summed E-state index contributed by atoms with van der Waals surface area (Å²) >= 11 is 1.64. The van der Waals surface area contributed by atoms with Gasteiger partial charge in [-0.3, -0.25) is 19.7 Å². The minimum atomic E-state index is -0.803. The summed E-state index contributed by atoms with van der Waals surface area (Å²) in [6.45, 7) is 4.64. The highest BCUT2D eigenvalue weighted by Gasteiger charge is 2.37. The van der Waals surface area contributed by atoms with Gasteiger partial charge in [0.1, 0.15) is 6.04 Å². The molecule has 2 aromatic rings. The lowest BCUT2D eigenvalue weighted by Gasteiger charge is -2.37. The van der Waals surface area contributed by atoms with Gasteiger partial charge >= 0.3 is 5.97 Å². The van der Waals surface area contributed by atoms with Gasteiger partial charge in [0.25, 0.3) is 0 Å². The topological polar surface area (TPSA) is 66.3 Å². The monoisotopic (exact) mass is 303 g/mol. The second-order valence-electron chi connectivity index (χ2n) is 5.23. The van der Waals surface area contributed by atoms with Crippen molar-refractivity contribution in [2.75, 3.05) is 6.54 Å². The fourth-order valence-electron chi connectivity index (χ4n) is 3.01. The second kappa shape index (κ2) is 5.54. The minimum Gasteiger partial charge on any atom is -0.480 e. The smallest absolute Gasteiger partial charge is 0.325 e. The Morgan fingerprint density at radius 1 is 1.48 bits per heavy atom. The Morgan fingerprint density at radius 3 is 2.95 bits per heavy atom. The number of fused-ring (bicyclic) bond motifs is 1. The molecule has 5 nitrogen and oxygen atoms in total. The summed E-state index contributed by atoms with van der Waals surface area (Å²) < 4.78 is 0. The highest BCUT2D eigenvalue weighted by molar-refractivity contribution is 7.10. The van der Waals surface area contributed by atoms with Crippen molar-refractivity contribution >= 4 is 17.3 Å². The summed E-state index contributed by atoms with van der Waals surface area (Å²) in [6, 6.07) is 1.26. The summed E-state index contributed by atoms with van der Waals surface area (Å²) in [5.41, 5.74) is 2.62. The van der Waals surface area contributed by atoms with Gasteiger partial charge in [-0.05, 0) is 37.3 Å². The average Bonchev–Trinajstić information content (AvgIpc) is 2.94. The van der Waals surface area contributed by atoms with Crippen LogP contribution in [0.15, 0.2) is 23.8 Å². The number of aliphatic carboxylic acids is 1. The molecule has 2 aromatic heterocycles. The predicted octanol–water partition coefficient (Wildman–Crippen LogP) is 2.59. The van der Waals surface area contributed by atoms with E-state index in [1.807, 2.05) is 30.2 Å². The Morgan fingerprint density at radius 2 is 2.24 bits per heavy atom. The van der Waals surface area contributed by atoms with Crippen LogP contribution >= 0.6 is 11.3 Å². The van der Waals surface area contributed by atoms with Crippen LogP contribution in [0, 0.1) is 6.92 Å². The molecule has 2 atom stereocenters. The van der Waals surface area contributed by atoms with Crippen LogP contribution in [-0.4, -0.2) is 32.5 Å².